The Labute approximate surface area is 105 Å². The van der Waals surface area contributed by atoms with Crippen molar-refractivity contribution in [2.75, 3.05) is 4.90 Å². The molecule has 0 bridgehead atoms. The van der Waals surface area contributed by atoms with Gasteiger partial charge in [0.15, 0.2) is 0 Å². The van der Waals surface area contributed by atoms with Crippen LogP contribution in [0.3, 0.4) is 0 Å². The van der Waals surface area contributed by atoms with Gasteiger partial charge in [-0.1, -0.05) is 6.07 Å². The van der Waals surface area contributed by atoms with Gasteiger partial charge in [-0.15, -0.1) is 0 Å². The zero-order valence-corrected chi connectivity index (χ0v) is 10.8. The molecular weight excluding hydrogens is 236 g/mol. The molecule has 0 aliphatic rings. The summed E-state index contributed by atoms with van der Waals surface area (Å²) in [5, 5.41) is 9.07. The van der Waals surface area contributed by atoms with E-state index < -0.39 is 17.8 Å². The van der Waals surface area contributed by atoms with E-state index in [2.05, 4.69) is 4.98 Å². The van der Waals surface area contributed by atoms with Crippen molar-refractivity contribution in [1.82, 2.24) is 4.98 Å². The Morgan fingerprint density at radius 1 is 1.33 bits per heavy atom. The first-order valence-corrected chi connectivity index (χ1v) is 5.40. The molecule has 0 radical (unpaired) electrons. The molecule has 0 saturated carbocycles. The number of pyridine rings is 1. The lowest BCUT2D eigenvalue weighted by Crippen LogP contribution is -2.40. The Morgan fingerprint density at radius 2 is 1.94 bits per heavy atom. The molecule has 0 spiro atoms. The summed E-state index contributed by atoms with van der Waals surface area (Å²) in [7, 11) is 0. The van der Waals surface area contributed by atoms with E-state index >= 15 is 0 Å². The molecule has 0 atom stereocenters. The number of carbonyl (C=O) groups is 2. The lowest BCUT2D eigenvalue weighted by atomic mass is 10.2. The van der Waals surface area contributed by atoms with Gasteiger partial charge in [-0.3, -0.25) is 0 Å². The largest absolute Gasteiger partial charge is 0.464 e. The first kappa shape index (κ1) is 14.0. The van der Waals surface area contributed by atoms with E-state index in [9.17, 15) is 9.59 Å². The first-order chi connectivity index (χ1) is 8.20. The second kappa shape index (κ2) is 5.03. The Balaban J connectivity index is 3.04. The molecule has 0 saturated heterocycles. The fourth-order valence-corrected chi connectivity index (χ4v) is 1.23. The summed E-state index contributed by atoms with van der Waals surface area (Å²) < 4.78 is 5.02. The molecule has 2 amide bonds. The van der Waals surface area contributed by atoms with Crippen molar-refractivity contribution in [1.29, 1.82) is 0 Å². The van der Waals surface area contributed by atoms with Gasteiger partial charge < -0.3 is 9.84 Å². The lowest BCUT2D eigenvalue weighted by Gasteiger charge is -2.23. The molecule has 6 nitrogen and oxygen atoms in total. The second-order valence-electron chi connectivity index (χ2n) is 4.74. The Hall–Kier alpha value is -2.11. The fourth-order valence-electron chi connectivity index (χ4n) is 1.23. The summed E-state index contributed by atoms with van der Waals surface area (Å²) in [5.41, 5.74) is -0.156. The van der Waals surface area contributed by atoms with Gasteiger partial charge in [0, 0.05) is 5.69 Å². The number of amides is 2. The number of hydrogen-bond donors (Lipinski definition) is 1. The third kappa shape index (κ3) is 3.73. The number of hydrogen-bond acceptors (Lipinski definition) is 4. The van der Waals surface area contributed by atoms with Crippen LogP contribution >= 0.6 is 0 Å². The number of rotatable bonds is 1. The number of ether oxygens (including phenoxy) is 1. The molecule has 18 heavy (non-hydrogen) atoms. The highest BCUT2D eigenvalue weighted by Crippen LogP contribution is 2.16. The third-order valence-electron chi connectivity index (χ3n) is 1.87. The van der Waals surface area contributed by atoms with Gasteiger partial charge in [-0.2, -0.15) is 4.90 Å². The summed E-state index contributed by atoms with van der Waals surface area (Å²) in [6, 6.07) is 4.77. The monoisotopic (exact) mass is 252 g/mol. The average molecular weight is 252 g/mol. The molecule has 1 aromatic rings. The van der Waals surface area contributed by atoms with Crippen LogP contribution in [0.5, 0.6) is 0 Å². The van der Waals surface area contributed by atoms with E-state index in [0.29, 0.717) is 10.6 Å². The smallest absolute Gasteiger partial charge is 0.425 e. The SMILES string of the molecule is Cc1cccc(N(C(=O)O)C(=O)OC(C)(C)C)n1. The minimum atomic E-state index is -1.43. The minimum absolute atomic E-state index is 0.0248. The summed E-state index contributed by atoms with van der Waals surface area (Å²) >= 11 is 0. The second-order valence-corrected chi connectivity index (χ2v) is 4.74. The maximum atomic E-state index is 11.8. The zero-order valence-electron chi connectivity index (χ0n) is 10.8. The number of carbonyl (C=O) groups excluding carboxylic acids is 1. The van der Waals surface area contributed by atoms with Crippen LogP contribution in [0, 0.1) is 6.92 Å². The highest BCUT2D eigenvalue weighted by molar-refractivity contribution is 6.07. The highest BCUT2D eigenvalue weighted by atomic mass is 16.6. The number of anilines is 1. The van der Waals surface area contributed by atoms with Crippen LogP contribution in [0.1, 0.15) is 26.5 Å². The number of aryl methyl sites for hydroxylation is 1. The first-order valence-electron chi connectivity index (χ1n) is 5.40. The number of imide groups is 1. The molecular formula is C12H16N2O4. The van der Waals surface area contributed by atoms with E-state index in [1.165, 1.54) is 6.07 Å². The molecule has 0 aromatic carbocycles. The Kier molecular flexibility index (Phi) is 3.90. The van der Waals surface area contributed by atoms with E-state index in [-0.39, 0.29) is 5.82 Å². The molecule has 1 N–H and O–H groups in total. The average Bonchev–Trinajstić information content (AvgIpc) is 2.13. The van der Waals surface area contributed by atoms with Crippen LogP contribution in [-0.2, 0) is 4.74 Å². The van der Waals surface area contributed by atoms with Gasteiger partial charge in [-0.25, -0.2) is 14.6 Å². The van der Waals surface area contributed by atoms with Crippen molar-refractivity contribution in [2.24, 2.45) is 0 Å². The van der Waals surface area contributed by atoms with Crippen LogP contribution in [0.15, 0.2) is 18.2 Å². The number of aromatic nitrogens is 1. The third-order valence-corrected chi connectivity index (χ3v) is 1.87. The van der Waals surface area contributed by atoms with Crippen molar-refractivity contribution < 1.29 is 19.4 Å². The molecule has 0 aliphatic heterocycles. The molecule has 1 aromatic heterocycles. The Bertz CT molecular complexity index is 465. The van der Waals surface area contributed by atoms with E-state index in [1.807, 2.05) is 0 Å². The van der Waals surface area contributed by atoms with Crippen LogP contribution < -0.4 is 4.90 Å². The van der Waals surface area contributed by atoms with Crippen molar-refractivity contribution in [2.45, 2.75) is 33.3 Å². The molecule has 1 rings (SSSR count). The van der Waals surface area contributed by atoms with E-state index in [1.54, 1.807) is 39.8 Å². The maximum absolute atomic E-state index is 11.8. The molecule has 0 aliphatic carbocycles. The Morgan fingerprint density at radius 3 is 2.39 bits per heavy atom. The normalized spacial score (nSPS) is 10.9. The lowest BCUT2D eigenvalue weighted by molar-refractivity contribution is 0.0581. The maximum Gasteiger partial charge on any atom is 0.425 e. The molecule has 1 heterocycles. The molecule has 0 unspecified atom stereocenters. The van der Waals surface area contributed by atoms with Gasteiger partial charge in [0.05, 0.1) is 0 Å². The molecule has 6 heteroatoms. The number of nitrogens with zero attached hydrogens (tertiary/aromatic N) is 2. The quantitative estimate of drug-likeness (QED) is 0.831. The minimum Gasteiger partial charge on any atom is -0.464 e. The van der Waals surface area contributed by atoms with Crippen LogP contribution in [0.2, 0.25) is 0 Å². The van der Waals surface area contributed by atoms with Gasteiger partial charge in [0.2, 0.25) is 0 Å². The van der Waals surface area contributed by atoms with Crippen molar-refractivity contribution in [3.63, 3.8) is 0 Å². The predicted molar refractivity (Wildman–Crippen MR) is 65.7 cm³/mol. The van der Waals surface area contributed by atoms with Gasteiger partial charge in [0.25, 0.3) is 0 Å². The zero-order chi connectivity index (χ0) is 13.9. The topological polar surface area (TPSA) is 79.7 Å². The highest BCUT2D eigenvalue weighted by Gasteiger charge is 2.29. The van der Waals surface area contributed by atoms with Gasteiger partial charge in [-0.05, 0) is 39.8 Å². The fraction of sp³-hybridized carbons (Fsp3) is 0.417. The number of carboxylic acid groups (broad SMARTS) is 1. The van der Waals surface area contributed by atoms with Gasteiger partial charge >= 0.3 is 12.2 Å². The van der Waals surface area contributed by atoms with Crippen molar-refractivity contribution in [3.8, 4) is 0 Å². The predicted octanol–water partition coefficient (Wildman–Crippen LogP) is 2.81. The van der Waals surface area contributed by atoms with Crippen LogP contribution in [0.4, 0.5) is 15.4 Å². The summed E-state index contributed by atoms with van der Waals surface area (Å²) in [4.78, 5) is 27.4. The van der Waals surface area contributed by atoms with Crippen LogP contribution in [-0.4, -0.2) is 27.9 Å². The molecule has 0 fully saturated rings. The summed E-state index contributed by atoms with van der Waals surface area (Å²) in [6.07, 6.45) is -2.39. The van der Waals surface area contributed by atoms with E-state index in [0.717, 1.165) is 0 Å². The summed E-state index contributed by atoms with van der Waals surface area (Å²) in [6.45, 7) is 6.69. The van der Waals surface area contributed by atoms with E-state index in [4.69, 9.17) is 9.84 Å². The standard InChI is InChI=1S/C12H16N2O4/c1-8-6-5-7-9(13-8)14(10(15)16)11(17)18-12(2,3)4/h5-7H,1-4H3,(H,15,16). The van der Waals surface area contributed by atoms with Crippen molar-refractivity contribution >= 4 is 18.0 Å². The summed E-state index contributed by atoms with van der Waals surface area (Å²) in [5.74, 6) is 0.0248. The molecule has 98 valence electrons. The van der Waals surface area contributed by atoms with Gasteiger partial charge in [0.1, 0.15) is 11.4 Å². The van der Waals surface area contributed by atoms with Crippen molar-refractivity contribution in [3.05, 3.63) is 23.9 Å². The van der Waals surface area contributed by atoms with Crippen LogP contribution in [0.25, 0.3) is 0 Å².